The minimum absolute atomic E-state index is 0.698. The van der Waals surface area contributed by atoms with Crippen LogP contribution in [0.4, 0.5) is 0 Å². The molecule has 3 heteroatoms. The molecule has 0 atom stereocenters. The molecule has 0 bridgehead atoms. The molecule has 22 heavy (non-hydrogen) atoms. The summed E-state index contributed by atoms with van der Waals surface area (Å²) in [5.74, 6) is 0. The topological polar surface area (TPSA) is 41.6 Å². The van der Waals surface area contributed by atoms with Gasteiger partial charge in [0.15, 0.2) is 0 Å². The molecule has 0 aliphatic carbocycles. The lowest BCUT2D eigenvalue weighted by molar-refractivity contribution is 1.01. The van der Waals surface area contributed by atoms with Gasteiger partial charge in [-0.25, -0.2) is 0 Å². The van der Waals surface area contributed by atoms with Crippen LogP contribution in [0.5, 0.6) is 0 Å². The molecule has 2 aromatic heterocycles. The second-order valence-electron chi connectivity index (χ2n) is 5.80. The summed E-state index contributed by atoms with van der Waals surface area (Å²) in [5, 5.41) is 14.0. The van der Waals surface area contributed by atoms with Crippen molar-refractivity contribution in [3.63, 3.8) is 0 Å². The Morgan fingerprint density at radius 2 is 1.86 bits per heavy atom. The third-order valence-corrected chi connectivity index (χ3v) is 4.69. The molecule has 4 aromatic rings. The maximum Gasteiger partial charge on any atom is 0.0991 e. The highest BCUT2D eigenvalue weighted by Crippen LogP contribution is 2.38. The van der Waals surface area contributed by atoms with Gasteiger partial charge in [-0.2, -0.15) is 5.26 Å². The van der Waals surface area contributed by atoms with Crippen LogP contribution in [-0.4, -0.2) is 9.55 Å². The molecule has 0 saturated carbocycles. The summed E-state index contributed by atoms with van der Waals surface area (Å²) in [7, 11) is 2.09. The summed E-state index contributed by atoms with van der Waals surface area (Å²) in [6.07, 6.45) is 3.78. The molecule has 0 unspecified atom stereocenters. The van der Waals surface area contributed by atoms with Gasteiger partial charge >= 0.3 is 0 Å². The van der Waals surface area contributed by atoms with Gasteiger partial charge in [0.2, 0.25) is 0 Å². The average Bonchev–Trinajstić information content (AvgIpc) is 2.85. The zero-order valence-corrected chi connectivity index (χ0v) is 12.8. The Morgan fingerprint density at radius 1 is 1.05 bits per heavy atom. The summed E-state index contributed by atoms with van der Waals surface area (Å²) in [6, 6.07) is 10.2. The van der Waals surface area contributed by atoms with Crippen molar-refractivity contribution in [2.75, 3.05) is 0 Å². The molecule has 2 heterocycles. The van der Waals surface area contributed by atoms with E-state index in [4.69, 9.17) is 0 Å². The molecule has 3 nitrogen and oxygen atoms in total. The fourth-order valence-electron chi connectivity index (χ4n) is 3.62. The molecule has 0 radical (unpaired) electrons. The Hall–Kier alpha value is -2.86. The SMILES string of the molecule is Cc1c2cnccc2c(C)c2c1c1cc(C#N)ccc1n2C. The van der Waals surface area contributed by atoms with E-state index in [1.54, 1.807) is 0 Å². The van der Waals surface area contributed by atoms with Crippen molar-refractivity contribution < 1.29 is 0 Å². The molecule has 106 valence electrons. The number of hydrogen-bond donors (Lipinski definition) is 0. The lowest BCUT2D eigenvalue weighted by atomic mass is 9.96. The number of pyridine rings is 1. The van der Waals surface area contributed by atoms with Crippen LogP contribution in [0.15, 0.2) is 36.7 Å². The second kappa shape index (κ2) is 4.32. The normalized spacial score (nSPS) is 11.4. The van der Waals surface area contributed by atoms with E-state index in [0.717, 1.165) is 10.9 Å². The highest BCUT2D eigenvalue weighted by atomic mass is 14.9. The Kier molecular flexibility index (Phi) is 2.52. The summed E-state index contributed by atoms with van der Waals surface area (Å²) >= 11 is 0. The number of nitrogens with zero attached hydrogens (tertiary/aromatic N) is 3. The standard InChI is InChI=1S/C19H15N3/c1-11-16-10-21-7-6-14(16)12(2)19-18(11)15-8-13(9-20)4-5-17(15)22(19)3/h4-8,10H,1-3H3. The van der Waals surface area contributed by atoms with Gasteiger partial charge in [0.1, 0.15) is 0 Å². The Bertz CT molecular complexity index is 1110. The summed E-state index contributed by atoms with van der Waals surface area (Å²) in [5.41, 5.74) is 5.58. The second-order valence-corrected chi connectivity index (χ2v) is 5.80. The zero-order chi connectivity index (χ0) is 15.4. The van der Waals surface area contributed by atoms with E-state index in [1.807, 2.05) is 30.6 Å². The van der Waals surface area contributed by atoms with Gasteiger partial charge in [-0.15, -0.1) is 0 Å². The van der Waals surface area contributed by atoms with Crippen LogP contribution in [0.3, 0.4) is 0 Å². The van der Waals surface area contributed by atoms with E-state index in [9.17, 15) is 5.26 Å². The Balaban J connectivity index is 2.38. The summed E-state index contributed by atoms with van der Waals surface area (Å²) in [4.78, 5) is 4.28. The minimum atomic E-state index is 0.698. The number of hydrogen-bond acceptors (Lipinski definition) is 2. The number of nitriles is 1. The van der Waals surface area contributed by atoms with Crippen LogP contribution in [0, 0.1) is 25.2 Å². The molecule has 0 saturated heterocycles. The molecule has 0 aliphatic heterocycles. The number of aryl methyl sites for hydroxylation is 3. The zero-order valence-electron chi connectivity index (χ0n) is 12.8. The van der Waals surface area contributed by atoms with Gasteiger partial charge in [-0.3, -0.25) is 4.98 Å². The van der Waals surface area contributed by atoms with E-state index < -0.39 is 0 Å². The molecule has 0 amide bonds. The molecule has 0 aliphatic rings. The Labute approximate surface area is 128 Å². The van der Waals surface area contributed by atoms with Crippen LogP contribution < -0.4 is 0 Å². The molecule has 0 N–H and O–H groups in total. The first-order valence-electron chi connectivity index (χ1n) is 7.28. The van der Waals surface area contributed by atoms with Gasteiger partial charge in [-0.05, 0) is 54.6 Å². The summed E-state index contributed by atoms with van der Waals surface area (Å²) < 4.78 is 2.23. The van der Waals surface area contributed by atoms with Crippen molar-refractivity contribution in [3.8, 4) is 6.07 Å². The van der Waals surface area contributed by atoms with Crippen molar-refractivity contribution in [2.24, 2.45) is 7.05 Å². The van der Waals surface area contributed by atoms with Crippen LogP contribution >= 0.6 is 0 Å². The fraction of sp³-hybridized carbons (Fsp3) is 0.158. The van der Waals surface area contributed by atoms with E-state index in [0.29, 0.717) is 5.56 Å². The molecule has 0 spiro atoms. The molecule has 2 aromatic carbocycles. The predicted molar refractivity (Wildman–Crippen MR) is 89.9 cm³/mol. The van der Waals surface area contributed by atoms with Gasteiger partial charge < -0.3 is 4.57 Å². The maximum atomic E-state index is 9.20. The lowest BCUT2D eigenvalue weighted by Gasteiger charge is -2.10. The average molecular weight is 285 g/mol. The largest absolute Gasteiger partial charge is 0.343 e. The van der Waals surface area contributed by atoms with Crippen molar-refractivity contribution in [3.05, 3.63) is 53.3 Å². The third kappa shape index (κ3) is 1.47. The molecular weight excluding hydrogens is 270 g/mol. The molecule has 0 fully saturated rings. The first-order valence-corrected chi connectivity index (χ1v) is 7.28. The van der Waals surface area contributed by atoms with E-state index >= 15 is 0 Å². The van der Waals surface area contributed by atoms with Gasteiger partial charge in [0.25, 0.3) is 0 Å². The Morgan fingerprint density at radius 3 is 2.64 bits per heavy atom. The van der Waals surface area contributed by atoms with E-state index in [-0.39, 0.29) is 0 Å². The minimum Gasteiger partial charge on any atom is -0.343 e. The number of rotatable bonds is 0. The van der Waals surface area contributed by atoms with Crippen molar-refractivity contribution in [1.82, 2.24) is 9.55 Å². The van der Waals surface area contributed by atoms with Crippen LogP contribution in [0.1, 0.15) is 16.7 Å². The van der Waals surface area contributed by atoms with Gasteiger partial charge in [-0.1, -0.05) is 0 Å². The number of aromatic nitrogens is 2. The molecule has 4 rings (SSSR count). The molecular formula is C19H15N3. The fourth-order valence-corrected chi connectivity index (χ4v) is 3.62. The number of fused-ring (bicyclic) bond motifs is 4. The van der Waals surface area contributed by atoms with E-state index in [2.05, 4.69) is 42.6 Å². The quantitative estimate of drug-likeness (QED) is 0.481. The highest BCUT2D eigenvalue weighted by molar-refractivity contribution is 6.17. The van der Waals surface area contributed by atoms with E-state index in [1.165, 1.54) is 32.8 Å². The first-order chi connectivity index (χ1) is 10.6. The van der Waals surface area contributed by atoms with Crippen LogP contribution in [-0.2, 0) is 7.05 Å². The van der Waals surface area contributed by atoms with Crippen LogP contribution in [0.25, 0.3) is 32.6 Å². The number of benzene rings is 2. The maximum absolute atomic E-state index is 9.20. The van der Waals surface area contributed by atoms with Crippen molar-refractivity contribution in [2.45, 2.75) is 13.8 Å². The van der Waals surface area contributed by atoms with Crippen molar-refractivity contribution >= 4 is 32.6 Å². The van der Waals surface area contributed by atoms with Crippen LogP contribution in [0.2, 0.25) is 0 Å². The monoisotopic (exact) mass is 285 g/mol. The third-order valence-electron chi connectivity index (χ3n) is 4.69. The highest BCUT2D eigenvalue weighted by Gasteiger charge is 2.16. The first kappa shape index (κ1) is 12.8. The van der Waals surface area contributed by atoms with Gasteiger partial charge in [0, 0.05) is 41.1 Å². The summed E-state index contributed by atoms with van der Waals surface area (Å²) in [6.45, 7) is 4.30. The lowest BCUT2D eigenvalue weighted by Crippen LogP contribution is -1.92. The smallest absolute Gasteiger partial charge is 0.0991 e. The predicted octanol–water partition coefficient (Wildman–Crippen LogP) is 4.37. The van der Waals surface area contributed by atoms with Gasteiger partial charge in [0.05, 0.1) is 17.1 Å². The van der Waals surface area contributed by atoms with Crippen molar-refractivity contribution in [1.29, 1.82) is 5.26 Å².